The van der Waals surface area contributed by atoms with Gasteiger partial charge in [0.15, 0.2) is 0 Å². The molecule has 1 rings (SSSR count). The fourth-order valence-corrected chi connectivity index (χ4v) is 1.79. The second-order valence-electron chi connectivity index (χ2n) is 3.99. The SMILES string of the molecule is CC(NCC(C)S(C)=O)c1ccc(Cl)cc1. The maximum Gasteiger partial charge on any atom is 0.0441 e. The molecule has 0 saturated carbocycles. The van der Waals surface area contributed by atoms with Gasteiger partial charge in [0.25, 0.3) is 0 Å². The smallest absolute Gasteiger partial charge is 0.0441 e. The van der Waals surface area contributed by atoms with E-state index < -0.39 is 10.8 Å². The summed E-state index contributed by atoms with van der Waals surface area (Å²) in [6, 6.07) is 8.04. The molecule has 3 unspecified atom stereocenters. The van der Waals surface area contributed by atoms with Gasteiger partial charge in [0.1, 0.15) is 0 Å². The Balaban J connectivity index is 2.49. The Kier molecular flexibility index (Phi) is 5.46. The van der Waals surface area contributed by atoms with Crippen molar-refractivity contribution in [2.45, 2.75) is 25.1 Å². The summed E-state index contributed by atoms with van der Waals surface area (Å²) in [5, 5.41) is 4.29. The second kappa shape index (κ2) is 6.38. The fraction of sp³-hybridized carbons (Fsp3) is 0.500. The zero-order valence-electron chi connectivity index (χ0n) is 9.87. The molecule has 3 atom stereocenters. The van der Waals surface area contributed by atoms with E-state index in [9.17, 15) is 4.21 Å². The van der Waals surface area contributed by atoms with Crippen LogP contribution in [0.1, 0.15) is 25.5 Å². The van der Waals surface area contributed by atoms with Crippen molar-refractivity contribution in [1.29, 1.82) is 0 Å². The molecule has 0 aliphatic heterocycles. The lowest BCUT2D eigenvalue weighted by molar-refractivity contribution is 0.569. The molecule has 1 N–H and O–H groups in total. The highest BCUT2D eigenvalue weighted by Gasteiger charge is 2.09. The first-order valence-corrected chi connectivity index (χ1v) is 7.31. The van der Waals surface area contributed by atoms with Crippen LogP contribution in [0.4, 0.5) is 0 Å². The zero-order chi connectivity index (χ0) is 12.1. The van der Waals surface area contributed by atoms with Crippen LogP contribution in [0.3, 0.4) is 0 Å². The van der Waals surface area contributed by atoms with Crippen molar-refractivity contribution in [2.75, 3.05) is 12.8 Å². The summed E-state index contributed by atoms with van der Waals surface area (Å²) in [7, 11) is -0.770. The molecule has 0 aliphatic carbocycles. The van der Waals surface area contributed by atoms with Crippen molar-refractivity contribution in [2.24, 2.45) is 0 Å². The van der Waals surface area contributed by atoms with E-state index in [0.717, 1.165) is 11.6 Å². The van der Waals surface area contributed by atoms with Gasteiger partial charge in [-0.25, -0.2) is 0 Å². The van der Waals surface area contributed by atoms with Gasteiger partial charge in [-0.15, -0.1) is 0 Å². The average molecular weight is 260 g/mol. The number of hydrogen-bond acceptors (Lipinski definition) is 2. The number of benzene rings is 1. The maximum absolute atomic E-state index is 11.2. The lowest BCUT2D eigenvalue weighted by Crippen LogP contribution is -2.29. The van der Waals surface area contributed by atoms with Gasteiger partial charge in [-0.3, -0.25) is 4.21 Å². The molecule has 2 nitrogen and oxygen atoms in total. The average Bonchev–Trinajstić information content (AvgIpc) is 2.26. The molecule has 0 saturated heterocycles. The van der Waals surface area contributed by atoms with Crippen molar-refractivity contribution in [3.8, 4) is 0 Å². The van der Waals surface area contributed by atoms with Crippen molar-refractivity contribution in [3.63, 3.8) is 0 Å². The molecule has 0 heterocycles. The maximum atomic E-state index is 11.2. The molecule has 0 bridgehead atoms. The first-order chi connectivity index (χ1) is 7.50. The highest BCUT2D eigenvalue weighted by Crippen LogP contribution is 2.15. The number of nitrogens with one attached hydrogen (secondary N) is 1. The largest absolute Gasteiger partial charge is 0.309 e. The van der Waals surface area contributed by atoms with E-state index in [-0.39, 0.29) is 11.3 Å². The summed E-state index contributed by atoms with van der Waals surface area (Å²) in [4.78, 5) is 0. The molecule has 4 heteroatoms. The Morgan fingerprint density at radius 2 is 1.88 bits per heavy atom. The third-order valence-corrected chi connectivity index (χ3v) is 4.20. The van der Waals surface area contributed by atoms with Gasteiger partial charge in [0.05, 0.1) is 0 Å². The van der Waals surface area contributed by atoms with Gasteiger partial charge >= 0.3 is 0 Å². The standard InChI is InChI=1S/C12H18ClNOS/c1-9(16(3)15)8-14-10(2)11-4-6-12(13)7-5-11/h4-7,9-10,14H,8H2,1-3H3. The number of hydrogen-bond donors (Lipinski definition) is 1. The number of halogens is 1. The lowest BCUT2D eigenvalue weighted by Gasteiger charge is -2.16. The topological polar surface area (TPSA) is 29.1 Å². The third kappa shape index (κ3) is 4.24. The summed E-state index contributed by atoms with van der Waals surface area (Å²) in [5.41, 5.74) is 1.19. The molecular formula is C12H18ClNOS. The molecule has 0 aromatic heterocycles. The minimum absolute atomic E-state index is 0.176. The van der Waals surface area contributed by atoms with Crippen LogP contribution in [0, 0.1) is 0 Å². The predicted molar refractivity (Wildman–Crippen MR) is 71.4 cm³/mol. The van der Waals surface area contributed by atoms with Crippen LogP contribution in [0.2, 0.25) is 5.02 Å². The van der Waals surface area contributed by atoms with E-state index in [1.807, 2.05) is 31.2 Å². The van der Waals surface area contributed by atoms with E-state index in [1.165, 1.54) is 5.56 Å². The highest BCUT2D eigenvalue weighted by atomic mass is 35.5. The molecule has 0 aliphatic rings. The van der Waals surface area contributed by atoms with Gasteiger partial charge in [-0.1, -0.05) is 23.7 Å². The van der Waals surface area contributed by atoms with Crippen LogP contribution < -0.4 is 5.32 Å². The normalized spacial score (nSPS) is 16.8. The van der Waals surface area contributed by atoms with Crippen LogP contribution in [-0.2, 0) is 10.8 Å². The van der Waals surface area contributed by atoms with E-state index in [1.54, 1.807) is 6.26 Å². The summed E-state index contributed by atoms with van der Waals surface area (Å²) >= 11 is 5.82. The molecular weight excluding hydrogens is 242 g/mol. The Hall–Kier alpha value is -0.380. The Morgan fingerprint density at radius 1 is 1.31 bits per heavy atom. The molecule has 0 fully saturated rings. The number of rotatable bonds is 5. The molecule has 0 spiro atoms. The van der Waals surface area contributed by atoms with Crippen LogP contribution in [0.5, 0.6) is 0 Å². The van der Waals surface area contributed by atoms with Crippen molar-refractivity contribution in [1.82, 2.24) is 5.32 Å². The van der Waals surface area contributed by atoms with Gasteiger partial charge in [-0.2, -0.15) is 0 Å². The minimum atomic E-state index is -0.770. The monoisotopic (exact) mass is 259 g/mol. The van der Waals surface area contributed by atoms with Crippen LogP contribution in [0.25, 0.3) is 0 Å². The third-order valence-electron chi connectivity index (χ3n) is 2.65. The summed E-state index contributed by atoms with van der Waals surface area (Å²) in [6.45, 7) is 4.83. The summed E-state index contributed by atoms with van der Waals surface area (Å²) in [5.74, 6) is 0. The van der Waals surface area contributed by atoms with Gasteiger partial charge in [0.2, 0.25) is 0 Å². The molecule has 1 aromatic rings. The Bertz CT molecular complexity index is 353. The highest BCUT2D eigenvalue weighted by molar-refractivity contribution is 7.84. The summed E-state index contributed by atoms with van der Waals surface area (Å²) in [6.07, 6.45) is 1.74. The minimum Gasteiger partial charge on any atom is -0.309 e. The molecule has 0 radical (unpaired) electrons. The first kappa shape index (κ1) is 13.7. The van der Waals surface area contributed by atoms with Crippen molar-refractivity contribution in [3.05, 3.63) is 34.9 Å². The van der Waals surface area contributed by atoms with Crippen molar-refractivity contribution < 1.29 is 4.21 Å². The van der Waals surface area contributed by atoms with Gasteiger partial charge in [0, 0.05) is 39.9 Å². The summed E-state index contributed by atoms with van der Waals surface area (Å²) < 4.78 is 11.2. The second-order valence-corrected chi connectivity index (χ2v) is 6.23. The zero-order valence-corrected chi connectivity index (χ0v) is 11.4. The quantitative estimate of drug-likeness (QED) is 0.881. The fourth-order valence-electron chi connectivity index (χ4n) is 1.33. The molecule has 1 aromatic carbocycles. The van der Waals surface area contributed by atoms with Crippen LogP contribution in [-0.4, -0.2) is 22.3 Å². The van der Waals surface area contributed by atoms with Crippen LogP contribution in [0.15, 0.2) is 24.3 Å². The van der Waals surface area contributed by atoms with Gasteiger partial charge in [-0.05, 0) is 31.5 Å². The first-order valence-electron chi connectivity index (χ1n) is 5.31. The van der Waals surface area contributed by atoms with Crippen molar-refractivity contribution >= 4 is 22.4 Å². The van der Waals surface area contributed by atoms with E-state index in [4.69, 9.17) is 11.6 Å². The predicted octanol–water partition coefficient (Wildman–Crippen LogP) is 2.76. The Labute approximate surface area is 105 Å². The van der Waals surface area contributed by atoms with E-state index >= 15 is 0 Å². The van der Waals surface area contributed by atoms with Gasteiger partial charge < -0.3 is 5.32 Å². The molecule has 0 amide bonds. The molecule has 16 heavy (non-hydrogen) atoms. The Morgan fingerprint density at radius 3 is 2.38 bits per heavy atom. The lowest BCUT2D eigenvalue weighted by atomic mass is 10.1. The molecule has 90 valence electrons. The van der Waals surface area contributed by atoms with Crippen LogP contribution >= 0.6 is 11.6 Å². The van der Waals surface area contributed by atoms with E-state index in [0.29, 0.717) is 0 Å². The van der Waals surface area contributed by atoms with E-state index in [2.05, 4.69) is 12.2 Å².